The summed E-state index contributed by atoms with van der Waals surface area (Å²) in [4.78, 5) is 13.1. The molecule has 0 spiro atoms. The van der Waals surface area contributed by atoms with Crippen molar-refractivity contribution < 1.29 is 13.6 Å². The number of aromatic nitrogens is 2. The molecule has 0 bridgehead atoms. The standard InChI is InChI=1S/C23H17Cl3N4O3S2/c24-16-7-8-17(23(31)27-13-15-6-9-18(25)19(26)10-15)21(12-16)30(35(32)33)22-20(28-34-29-22)11-14-4-2-1-3-5-14/h1-10,12H,11,13H2,(H,27,31)(H,32,33). The van der Waals surface area contributed by atoms with E-state index in [1.165, 1.54) is 18.2 Å². The molecule has 0 aliphatic carbocycles. The van der Waals surface area contributed by atoms with Crippen molar-refractivity contribution in [2.24, 2.45) is 0 Å². The van der Waals surface area contributed by atoms with Gasteiger partial charge in [0.25, 0.3) is 17.2 Å². The molecule has 1 heterocycles. The summed E-state index contributed by atoms with van der Waals surface area (Å²) in [6.07, 6.45) is 0.389. The van der Waals surface area contributed by atoms with Crippen molar-refractivity contribution in [1.29, 1.82) is 0 Å². The lowest BCUT2D eigenvalue weighted by molar-refractivity contribution is 0.0951. The van der Waals surface area contributed by atoms with Gasteiger partial charge in [-0.05, 0) is 41.5 Å². The molecule has 1 unspecified atom stereocenters. The molecule has 7 nitrogen and oxygen atoms in total. The van der Waals surface area contributed by atoms with Crippen LogP contribution in [0.3, 0.4) is 0 Å². The van der Waals surface area contributed by atoms with Gasteiger partial charge in [-0.15, -0.1) is 0 Å². The third kappa shape index (κ3) is 6.19. The molecule has 4 rings (SSSR count). The highest BCUT2D eigenvalue weighted by Crippen LogP contribution is 2.34. The predicted molar refractivity (Wildman–Crippen MR) is 141 cm³/mol. The van der Waals surface area contributed by atoms with Gasteiger partial charge in [-0.2, -0.15) is 8.75 Å². The van der Waals surface area contributed by atoms with Crippen LogP contribution in [0.25, 0.3) is 0 Å². The quantitative estimate of drug-likeness (QED) is 0.244. The Labute approximate surface area is 223 Å². The first-order valence-corrected chi connectivity index (χ1v) is 13.0. The summed E-state index contributed by atoms with van der Waals surface area (Å²) in [6.45, 7) is 0.164. The van der Waals surface area contributed by atoms with Crippen molar-refractivity contribution in [3.63, 3.8) is 0 Å². The van der Waals surface area contributed by atoms with Crippen molar-refractivity contribution >= 4 is 75.2 Å². The van der Waals surface area contributed by atoms with Gasteiger partial charge in [0.05, 0.1) is 33.0 Å². The van der Waals surface area contributed by atoms with Crippen LogP contribution in [0, 0.1) is 0 Å². The van der Waals surface area contributed by atoms with Crippen molar-refractivity contribution in [3.05, 3.63) is 104 Å². The van der Waals surface area contributed by atoms with Crippen molar-refractivity contribution in [3.8, 4) is 0 Å². The summed E-state index contributed by atoms with van der Waals surface area (Å²) >= 11 is 16.6. The van der Waals surface area contributed by atoms with Crippen LogP contribution >= 0.6 is 46.5 Å². The summed E-state index contributed by atoms with van der Waals surface area (Å²) in [5.41, 5.74) is 2.43. The third-order valence-corrected chi connectivity index (χ3v) is 7.17. The molecule has 180 valence electrons. The van der Waals surface area contributed by atoms with E-state index in [-0.39, 0.29) is 28.6 Å². The first kappa shape index (κ1) is 25.6. The molecule has 2 N–H and O–H groups in total. The van der Waals surface area contributed by atoms with Crippen LogP contribution in [0.5, 0.6) is 0 Å². The fraction of sp³-hybridized carbons (Fsp3) is 0.0870. The zero-order valence-electron chi connectivity index (χ0n) is 17.8. The predicted octanol–water partition coefficient (Wildman–Crippen LogP) is 6.29. The minimum absolute atomic E-state index is 0.118. The second-order valence-electron chi connectivity index (χ2n) is 7.31. The van der Waals surface area contributed by atoms with E-state index in [1.54, 1.807) is 18.2 Å². The molecule has 3 aromatic carbocycles. The number of carbonyl (C=O) groups is 1. The monoisotopic (exact) mass is 566 g/mol. The van der Waals surface area contributed by atoms with Crippen LogP contribution in [0.15, 0.2) is 66.7 Å². The number of halogens is 3. The molecule has 0 saturated carbocycles. The van der Waals surface area contributed by atoms with E-state index < -0.39 is 17.2 Å². The SMILES string of the molecule is O=C(NCc1ccc(Cl)c(Cl)c1)c1ccc(Cl)cc1N(c1nsnc1Cc1ccccc1)S(=O)O. The average molecular weight is 568 g/mol. The van der Waals surface area contributed by atoms with Crippen molar-refractivity contribution in [1.82, 2.24) is 14.1 Å². The molecule has 1 aromatic heterocycles. The topological polar surface area (TPSA) is 95.4 Å². The first-order valence-electron chi connectivity index (χ1n) is 10.1. The van der Waals surface area contributed by atoms with Crippen LogP contribution in [-0.2, 0) is 24.2 Å². The van der Waals surface area contributed by atoms with Gasteiger partial charge in [0.15, 0.2) is 5.82 Å². The second kappa shape index (κ2) is 11.5. The lowest BCUT2D eigenvalue weighted by Gasteiger charge is -2.21. The van der Waals surface area contributed by atoms with Gasteiger partial charge in [-0.3, -0.25) is 9.35 Å². The molecular weight excluding hydrogens is 551 g/mol. The van der Waals surface area contributed by atoms with Gasteiger partial charge in [-0.25, -0.2) is 8.51 Å². The van der Waals surface area contributed by atoms with E-state index in [2.05, 4.69) is 14.1 Å². The number of anilines is 2. The molecule has 0 fully saturated rings. The molecule has 0 saturated heterocycles. The molecular formula is C23H17Cl3N4O3S2. The number of benzene rings is 3. The van der Waals surface area contributed by atoms with Crippen LogP contribution in [-0.4, -0.2) is 23.4 Å². The van der Waals surface area contributed by atoms with Gasteiger partial charge in [-0.1, -0.05) is 71.2 Å². The maximum atomic E-state index is 13.1. The second-order valence-corrected chi connectivity index (χ2v) is 9.92. The Morgan fingerprint density at radius 3 is 2.46 bits per heavy atom. The van der Waals surface area contributed by atoms with E-state index in [9.17, 15) is 13.6 Å². The Kier molecular flexibility index (Phi) is 8.38. The largest absolute Gasteiger partial charge is 0.348 e. The summed E-state index contributed by atoms with van der Waals surface area (Å²) in [6, 6.07) is 19.0. The maximum Gasteiger partial charge on any atom is 0.268 e. The first-order chi connectivity index (χ1) is 16.8. The molecule has 0 aliphatic heterocycles. The van der Waals surface area contributed by atoms with E-state index in [0.717, 1.165) is 27.2 Å². The Balaban J connectivity index is 1.66. The summed E-state index contributed by atoms with van der Waals surface area (Å²) in [5, 5.41) is 3.85. The van der Waals surface area contributed by atoms with E-state index in [0.29, 0.717) is 22.2 Å². The van der Waals surface area contributed by atoms with Gasteiger partial charge >= 0.3 is 0 Å². The number of nitrogens with one attached hydrogen (secondary N) is 1. The van der Waals surface area contributed by atoms with Crippen molar-refractivity contribution in [2.45, 2.75) is 13.0 Å². The average Bonchev–Trinajstić information content (AvgIpc) is 3.27. The number of rotatable bonds is 8. The highest BCUT2D eigenvalue weighted by Gasteiger charge is 2.27. The fourth-order valence-electron chi connectivity index (χ4n) is 3.32. The maximum absolute atomic E-state index is 13.1. The lowest BCUT2D eigenvalue weighted by Crippen LogP contribution is -2.28. The van der Waals surface area contributed by atoms with Crippen LogP contribution in [0.4, 0.5) is 11.5 Å². The third-order valence-electron chi connectivity index (χ3n) is 4.96. The fourth-order valence-corrected chi connectivity index (χ4v) is 5.02. The minimum Gasteiger partial charge on any atom is -0.348 e. The van der Waals surface area contributed by atoms with Gasteiger partial charge in [0, 0.05) is 18.0 Å². The molecule has 0 aliphatic rings. The van der Waals surface area contributed by atoms with Gasteiger partial charge in [0.2, 0.25) is 0 Å². The van der Waals surface area contributed by atoms with Crippen LogP contribution in [0.2, 0.25) is 15.1 Å². The van der Waals surface area contributed by atoms with Gasteiger partial charge < -0.3 is 5.32 Å². The molecule has 0 radical (unpaired) electrons. The van der Waals surface area contributed by atoms with Crippen LogP contribution in [0.1, 0.15) is 27.2 Å². The zero-order valence-corrected chi connectivity index (χ0v) is 21.7. The number of hydrogen-bond donors (Lipinski definition) is 2. The minimum atomic E-state index is -2.57. The summed E-state index contributed by atoms with van der Waals surface area (Å²) in [5.74, 6) is -0.313. The highest BCUT2D eigenvalue weighted by molar-refractivity contribution is 7.81. The Bertz CT molecular complexity index is 1390. The Hall–Kier alpha value is -2.53. The van der Waals surface area contributed by atoms with Crippen LogP contribution < -0.4 is 9.62 Å². The highest BCUT2D eigenvalue weighted by atomic mass is 35.5. The van der Waals surface area contributed by atoms with Gasteiger partial charge in [0.1, 0.15) is 5.69 Å². The number of amides is 1. The van der Waals surface area contributed by atoms with E-state index in [1.807, 2.05) is 30.3 Å². The lowest BCUT2D eigenvalue weighted by atomic mass is 10.1. The summed E-state index contributed by atoms with van der Waals surface area (Å²) < 4.78 is 32.3. The number of nitrogens with zero attached hydrogens (tertiary/aromatic N) is 3. The normalized spacial score (nSPS) is 11.8. The van der Waals surface area contributed by atoms with E-state index in [4.69, 9.17) is 34.8 Å². The molecule has 1 amide bonds. The Morgan fingerprint density at radius 1 is 0.971 bits per heavy atom. The molecule has 1 atom stereocenters. The molecule has 4 aromatic rings. The molecule has 35 heavy (non-hydrogen) atoms. The van der Waals surface area contributed by atoms with Crippen molar-refractivity contribution in [2.75, 3.05) is 4.31 Å². The zero-order chi connectivity index (χ0) is 24.9. The molecule has 12 heteroatoms. The summed E-state index contributed by atoms with van der Waals surface area (Å²) in [7, 11) is 0. The number of carbonyl (C=O) groups excluding carboxylic acids is 1. The van der Waals surface area contributed by atoms with E-state index >= 15 is 0 Å². The number of hydrogen-bond acceptors (Lipinski definition) is 5. The smallest absolute Gasteiger partial charge is 0.268 e. The Morgan fingerprint density at radius 2 is 1.74 bits per heavy atom.